The van der Waals surface area contributed by atoms with E-state index in [9.17, 15) is 13.2 Å². The Morgan fingerprint density at radius 1 is 1.14 bits per heavy atom. The minimum atomic E-state index is -3.14. The highest BCUT2D eigenvalue weighted by Gasteiger charge is 2.47. The molecular formula is C13H24N2O5S. The number of hydrogen-bond donors (Lipinski definition) is 0. The second-order valence-electron chi connectivity index (χ2n) is 5.57. The molecular weight excluding hydrogens is 296 g/mol. The third-order valence-corrected chi connectivity index (χ3v) is 6.28. The molecule has 1 amide bonds. The largest absolute Gasteiger partial charge is 0.383 e. The molecule has 0 spiro atoms. The van der Waals surface area contributed by atoms with Crippen LogP contribution in [0.1, 0.15) is 12.8 Å². The maximum atomic E-state index is 12.4. The van der Waals surface area contributed by atoms with Crippen LogP contribution in [-0.4, -0.2) is 82.4 Å². The van der Waals surface area contributed by atoms with Crippen molar-refractivity contribution in [2.75, 3.05) is 53.6 Å². The Bertz CT molecular complexity index is 449. The lowest BCUT2D eigenvalue weighted by Gasteiger charge is -2.39. The van der Waals surface area contributed by atoms with Crippen molar-refractivity contribution in [2.24, 2.45) is 5.92 Å². The number of amides is 1. The maximum absolute atomic E-state index is 12.4. The van der Waals surface area contributed by atoms with Crippen LogP contribution in [0, 0.1) is 5.92 Å². The molecule has 0 aromatic rings. The third-order valence-electron chi connectivity index (χ3n) is 3.95. The number of carbonyl (C=O) groups is 1. The van der Waals surface area contributed by atoms with Crippen molar-refractivity contribution in [1.82, 2.24) is 9.21 Å². The highest BCUT2D eigenvalue weighted by molar-refractivity contribution is 7.90. The fourth-order valence-corrected chi connectivity index (χ4v) is 4.30. The summed E-state index contributed by atoms with van der Waals surface area (Å²) in [6, 6.07) is 0. The molecule has 0 atom stereocenters. The lowest BCUT2D eigenvalue weighted by atomic mass is 10.0. The van der Waals surface area contributed by atoms with E-state index in [0.29, 0.717) is 39.4 Å². The molecule has 1 saturated heterocycles. The average Bonchev–Trinajstić information content (AvgIpc) is 3.21. The van der Waals surface area contributed by atoms with Crippen molar-refractivity contribution >= 4 is 15.9 Å². The van der Waals surface area contributed by atoms with E-state index in [2.05, 4.69) is 0 Å². The summed E-state index contributed by atoms with van der Waals surface area (Å²) in [7, 11) is 0.0372. The number of sulfonamides is 1. The van der Waals surface area contributed by atoms with Crippen molar-refractivity contribution in [3.05, 3.63) is 0 Å². The Hall–Kier alpha value is -0.700. The van der Waals surface area contributed by atoms with Crippen LogP contribution in [0.5, 0.6) is 0 Å². The van der Waals surface area contributed by atoms with Gasteiger partial charge in [-0.05, 0) is 12.8 Å². The molecule has 1 heterocycles. The smallest absolute Gasteiger partial charge is 0.228 e. The Kier molecular flexibility index (Phi) is 5.59. The van der Waals surface area contributed by atoms with Crippen molar-refractivity contribution in [3.8, 4) is 0 Å². The zero-order valence-corrected chi connectivity index (χ0v) is 13.5. The van der Waals surface area contributed by atoms with E-state index in [1.165, 1.54) is 4.31 Å². The molecule has 1 aliphatic heterocycles. The van der Waals surface area contributed by atoms with E-state index in [-0.39, 0.29) is 17.1 Å². The van der Waals surface area contributed by atoms with Crippen molar-refractivity contribution < 1.29 is 22.7 Å². The van der Waals surface area contributed by atoms with Crippen LogP contribution in [-0.2, 0) is 24.3 Å². The van der Waals surface area contributed by atoms with E-state index in [1.807, 2.05) is 0 Å². The van der Waals surface area contributed by atoms with Gasteiger partial charge in [0.2, 0.25) is 15.9 Å². The molecule has 0 radical (unpaired) electrons. The Labute approximate surface area is 126 Å². The third kappa shape index (κ3) is 3.94. The van der Waals surface area contributed by atoms with Crippen LogP contribution in [0.25, 0.3) is 0 Å². The summed E-state index contributed by atoms with van der Waals surface area (Å²) in [5, 5.41) is -0.202. The Morgan fingerprint density at radius 3 is 2.10 bits per heavy atom. The van der Waals surface area contributed by atoms with Gasteiger partial charge in [-0.25, -0.2) is 8.42 Å². The molecule has 1 aliphatic carbocycles. The zero-order chi connectivity index (χ0) is 15.5. The summed E-state index contributed by atoms with van der Waals surface area (Å²) in [5.41, 5.74) is 0. The van der Waals surface area contributed by atoms with Gasteiger partial charge in [-0.1, -0.05) is 0 Å². The van der Waals surface area contributed by atoms with E-state index in [0.717, 1.165) is 12.8 Å². The second kappa shape index (κ2) is 7.04. The molecule has 1 saturated carbocycles. The molecule has 0 N–H and O–H groups in total. The van der Waals surface area contributed by atoms with Gasteiger partial charge in [0.15, 0.2) is 0 Å². The van der Waals surface area contributed by atoms with Gasteiger partial charge in [0.05, 0.1) is 24.4 Å². The fourth-order valence-electron chi connectivity index (χ4n) is 2.37. The van der Waals surface area contributed by atoms with Crippen LogP contribution in [0.3, 0.4) is 0 Å². The van der Waals surface area contributed by atoms with Gasteiger partial charge in [-0.3, -0.25) is 4.79 Å². The normalized spacial score (nSPS) is 20.3. The minimum absolute atomic E-state index is 0.00801. The monoisotopic (exact) mass is 320 g/mol. The van der Waals surface area contributed by atoms with E-state index in [1.54, 1.807) is 19.1 Å². The summed E-state index contributed by atoms with van der Waals surface area (Å²) >= 11 is 0. The predicted molar refractivity (Wildman–Crippen MR) is 77.3 cm³/mol. The van der Waals surface area contributed by atoms with Crippen molar-refractivity contribution in [3.63, 3.8) is 0 Å². The number of methoxy groups -OCH3 is 2. The van der Waals surface area contributed by atoms with Crippen LogP contribution in [0.4, 0.5) is 0 Å². The van der Waals surface area contributed by atoms with Gasteiger partial charge in [0.25, 0.3) is 0 Å². The minimum Gasteiger partial charge on any atom is -0.383 e. The van der Waals surface area contributed by atoms with Gasteiger partial charge >= 0.3 is 0 Å². The maximum Gasteiger partial charge on any atom is 0.228 e. The first-order valence-corrected chi connectivity index (χ1v) is 8.76. The van der Waals surface area contributed by atoms with Gasteiger partial charge in [-0.15, -0.1) is 0 Å². The SMILES string of the molecule is COCCN(CCOC)C(=O)C1CN(S(=O)(=O)C2CC2)C1. The molecule has 2 fully saturated rings. The first kappa shape index (κ1) is 16.7. The molecule has 21 heavy (non-hydrogen) atoms. The molecule has 7 nitrogen and oxygen atoms in total. The number of carbonyl (C=O) groups excluding carboxylic acids is 1. The molecule has 122 valence electrons. The molecule has 0 aromatic heterocycles. The summed E-state index contributed by atoms with van der Waals surface area (Å²) in [4.78, 5) is 14.1. The first-order valence-electron chi connectivity index (χ1n) is 7.26. The summed E-state index contributed by atoms with van der Waals surface area (Å²) in [6.07, 6.45) is 1.51. The molecule has 8 heteroatoms. The van der Waals surface area contributed by atoms with Crippen molar-refractivity contribution in [1.29, 1.82) is 0 Å². The lowest BCUT2D eigenvalue weighted by molar-refractivity contribution is -0.140. The Morgan fingerprint density at radius 2 is 1.67 bits per heavy atom. The predicted octanol–water partition coefficient (Wildman–Crippen LogP) is -0.468. The van der Waals surface area contributed by atoms with Crippen LogP contribution in [0.15, 0.2) is 0 Å². The molecule has 2 aliphatic rings. The van der Waals surface area contributed by atoms with Crippen molar-refractivity contribution in [2.45, 2.75) is 18.1 Å². The Balaban J connectivity index is 1.84. The van der Waals surface area contributed by atoms with Crippen LogP contribution >= 0.6 is 0 Å². The van der Waals surface area contributed by atoms with Gasteiger partial charge in [0, 0.05) is 40.4 Å². The summed E-state index contributed by atoms with van der Waals surface area (Å²) in [5.74, 6) is -0.237. The highest BCUT2D eigenvalue weighted by atomic mass is 32.2. The summed E-state index contributed by atoms with van der Waals surface area (Å²) < 4.78 is 35.5. The quantitative estimate of drug-likeness (QED) is 0.574. The number of ether oxygens (including phenoxy) is 2. The standard InChI is InChI=1S/C13H24N2O5S/c1-19-7-5-14(6-8-20-2)13(16)11-9-15(10-11)21(17,18)12-3-4-12/h11-12H,3-10H2,1-2H3. The molecule has 2 rings (SSSR count). The van der Waals surface area contributed by atoms with E-state index >= 15 is 0 Å². The average molecular weight is 320 g/mol. The van der Waals surface area contributed by atoms with Gasteiger partial charge in [0.1, 0.15) is 0 Å². The lowest BCUT2D eigenvalue weighted by Crippen LogP contribution is -2.57. The summed E-state index contributed by atoms with van der Waals surface area (Å²) in [6.45, 7) is 2.57. The molecule has 0 bridgehead atoms. The van der Waals surface area contributed by atoms with Crippen LogP contribution < -0.4 is 0 Å². The number of nitrogens with zero attached hydrogens (tertiary/aromatic N) is 2. The number of hydrogen-bond acceptors (Lipinski definition) is 5. The molecule has 0 unspecified atom stereocenters. The van der Waals surface area contributed by atoms with Crippen LogP contribution in [0.2, 0.25) is 0 Å². The van der Waals surface area contributed by atoms with E-state index in [4.69, 9.17) is 9.47 Å². The van der Waals surface area contributed by atoms with E-state index < -0.39 is 10.0 Å². The highest BCUT2D eigenvalue weighted by Crippen LogP contribution is 2.34. The van der Waals surface area contributed by atoms with Gasteiger partial charge < -0.3 is 14.4 Å². The topological polar surface area (TPSA) is 76.2 Å². The molecule has 0 aromatic carbocycles. The van der Waals surface area contributed by atoms with Gasteiger partial charge in [-0.2, -0.15) is 4.31 Å². The fraction of sp³-hybridized carbons (Fsp3) is 0.923. The second-order valence-corrected chi connectivity index (χ2v) is 7.78. The first-order chi connectivity index (χ1) is 10.0. The zero-order valence-electron chi connectivity index (χ0n) is 12.7. The number of rotatable bonds is 9.